The monoisotopic (exact) mass is 475 g/mol. The first-order chi connectivity index (χ1) is 15.1. The summed E-state index contributed by atoms with van der Waals surface area (Å²) in [5.41, 5.74) is 5.61. The summed E-state index contributed by atoms with van der Waals surface area (Å²) in [6, 6.07) is 24.6. The van der Waals surface area contributed by atoms with Gasteiger partial charge < -0.3 is 9.88 Å². The maximum Gasteiger partial charge on any atom is 0.224 e. The lowest BCUT2D eigenvalue weighted by molar-refractivity contribution is -0.120. The summed E-state index contributed by atoms with van der Waals surface area (Å²) >= 11 is 3.56. The molecule has 1 N–H and O–H groups in total. The van der Waals surface area contributed by atoms with Gasteiger partial charge in [-0.15, -0.1) is 0 Å². The lowest BCUT2D eigenvalue weighted by Crippen LogP contribution is -2.26. The Morgan fingerprint density at radius 1 is 1.03 bits per heavy atom. The molecule has 1 aromatic heterocycles. The second-order valence-electron chi connectivity index (χ2n) is 7.79. The van der Waals surface area contributed by atoms with Gasteiger partial charge in [0.2, 0.25) is 5.91 Å². The Balaban J connectivity index is 1.40. The third-order valence-corrected chi connectivity index (χ3v) is 5.97. The number of amides is 1. The van der Waals surface area contributed by atoms with Crippen molar-refractivity contribution in [2.75, 3.05) is 6.54 Å². The van der Waals surface area contributed by atoms with Gasteiger partial charge >= 0.3 is 0 Å². The minimum Gasteiger partial charge on any atom is -0.356 e. The van der Waals surface area contributed by atoms with E-state index in [9.17, 15) is 4.79 Å². The molecule has 0 saturated carbocycles. The number of aryl methyl sites for hydroxylation is 2. The topological polar surface area (TPSA) is 46.9 Å². The predicted molar refractivity (Wildman–Crippen MR) is 129 cm³/mol. The highest BCUT2D eigenvalue weighted by Crippen LogP contribution is 2.20. The van der Waals surface area contributed by atoms with E-state index >= 15 is 0 Å². The van der Waals surface area contributed by atoms with Crippen LogP contribution in [0.15, 0.2) is 77.3 Å². The van der Waals surface area contributed by atoms with Crippen molar-refractivity contribution in [1.82, 2.24) is 14.9 Å². The molecule has 0 aliphatic heterocycles. The molecule has 0 saturated heterocycles. The van der Waals surface area contributed by atoms with Crippen molar-refractivity contribution < 1.29 is 4.79 Å². The zero-order valence-corrected chi connectivity index (χ0v) is 19.2. The Bertz CT molecular complexity index is 1200. The normalized spacial score (nSPS) is 11.0. The average Bonchev–Trinajstić information content (AvgIpc) is 3.10. The first kappa shape index (κ1) is 21.3. The van der Waals surface area contributed by atoms with Crippen LogP contribution in [-0.4, -0.2) is 22.0 Å². The van der Waals surface area contributed by atoms with E-state index in [1.807, 2.05) is 43.3 Å². The quantitative estimate of drug-likeness (QED) is 0.344. The smallest absolute Gasteiger partial charge is 0.224 e. The van der Waals surface area contributed by atoms with Crippen LogP contribution in [0.4, 0.5) is 0 Å². The zero-order valence-electron chi connectivity index (χ0n) is 17.6. The van der Waals surface area contributed by atoms with Crippen molar-refractivity contribution >= 4 is 32.9 Å². The number of para-hydroxylation sites is 2. The summed E-state index contributed by atoms with van der Waals surface area (Å²) < 4.78 is 3.36. The van der Waals surface area contributed by atoms with Crippen LogP contribution >= 0.6 is 15.9 Å². The highest BCUT2D eigenvalue weighted by Gasteiger charge is 2.11. The van der Waals surface area contributed by atoms with E-state index in [0.717, 1.165) is 51.8 Å². The summed E-state index contributed by atoms with van der Waals surface area (Å²) in [6.45, 7) is 3.46. The first-order valence-electron chi connectivity index (χ1n) is 10.6. The van der Waals surface area contributed by atoms with Gasteiger partial charge in [-0.25, -0.2) is 4.98 Å². The third-order valence-electron chi connectivity index (χ3n) is 5.47. The van der Waals surface area contributed by atoms with E-state index < -0.39 is 0 Å². The molecule has 0 radical (unpaired) electrons. The van der Waals surface area contributed by atoms with Crippen LogP contribution in [0.1, 0.15) is 28.9 Å². The Kier molecular flexibility index (Phi) is 6.82. The van der Waals surface area contributed by atoms with Crippen molar-refractivity contribution in [3.63, 3.8) is 0 Å². The van der Waals surface area contributed by atoms with Crippen LogP contribution in [0.25, 0.3) is 11.0 Å². The molecule has 0 aliphatic carbocycles. The van der Waals surface area contributed by atoms with Gasteiger partial charge in [0.1, 0.15) is 5.82 Å². The van der Waals surface area contributed by atoms with Gasteiger partial charge in [-0.2, -0.15) is 0 Å². The summed E-state index contributed by atoms with van der Waals surface area (Å²) in [4.78, 5) is 17.2. The van der Waals surface area contributed by atoms with Crippen molar-refractivity contribution in [1.29, 1.82) is 0 Å². The van der Waals surface area contributed by atoms with E-state index in [0.29, 0.717) is 13.0 Å². The molecule has 1 amide bonds. The number of rotatable bonds is 8. The van der Waals surface area contributed by atoms with Gasteiger partial charge in [0.15, 0.2) is 0 Å². The van der Waals surface area contributed by atoms with Crippen molar-refractivity contribution in [3.05, 3.63) is 99.8 Å². The molecule has 0 aliphatic rings. The van der Waals surface area contributed by atoms with Gasteiger partial charge in [0, 0.05) is 24.0 Å². The van der Waals surface area contributed by atoms with Crippen LogP contribution in [-0.2, 0) is 24.2 Å². The fourth-order valence-electron chi connectivity index (χ4n) is 3.83. The van der Waals surface area contributed by atoms with Crippen LogP contribution in [0, 0.1) is 6.92 Å². The van der Waals surface area contributed by atoms with E-state index in [4.69, 9.17) is 4.98 Å². The maximum absolute atomic E-state index is 12.3. The molecule has 4 aromatic rings. The number of carbonyl (C=O) groups excluding carboxylic acids is 1. The number of hydrogen-bond acceptors (Lipinski definition) is 2. The van der Waals surface area contributed by atoms with Crippen LogP contribution in [0.2, 0.25) is 0 Å². The summed E-state index contributed by atoms with van der Waals surface area (Å²) in [7, 11) is 0. The number of imidazole rings is 1. The Morgan fingerprint density at radius 2 is 1.84 bits per heavy atom. The molecule has 0 bridgehead atoms. The van der Waals surface area contributed by atoms with E-state index in [1.54, 1.807) is 0 Å². The minimum atomic E-state index is 0.0666. The number of halogens is 1. The van der Waals surface area contributed by atoms with Gasteiger partial charge in [-0.1, -0.05) is 64.5 Å². The van der Waals surface area contributed by atoms with Crippen molar-refractivity contribution in [2.45, 2.75) is 32.7 Å². The van der Waals surface area contributed by atoms with E-state index in [2.05, 4.69) is 62.2 Å². The molecule has 4 rings (SSSR count). The zero-order chi connectivity index (χ0) is 21.6. The number of nitrogens with one attached hydrogen (secondary N) is 1. The second kappa shape index (κ2) is 9.92. The lowest BCUT2D eigenvalue weighted by Gasteiger charge is -2.11. The summed E-state index contributed by atoms with van der Waals surface area (Å²) in [6.07, 6.45) is 2.09. The highest BCUT2D eigenvalue weighted by atomic mass is 79.9. The first-order valence-corrected chi connectivity index (χ1v) is 11.4. The SMILES string of the molecule is Cc1ccccc1CC(=O)NCCCc1nc2ccccc2n1Cc1cccc(Br)c1. The predicted octanol–water partition coefficient (Wildman–Crippen LogP) is 5.45. The van der Waals surface area contributed by atoms with Gasteiger partial charge in [-0.3, -0.25) is 4.79 Å². The van der Waals surface area contributed by atoms with Crippen LogP contribution < -0.4 is 5.32 Å². The molecule has 5 heteroatoms. The minimum absolute atomic E-state index is 0.0666. The largest absolute Gasteiger partial charge is 0.356 e. The molecular weight excluding hydrogens is 450 g/mol. The number of hydrogen-bond donors (Lipinski definition) is 1. The molecule has 3 aromatic carbocycles. The standard InChI is InChI=1S/C26H26BrN3O/c1-19-8-2-3-10-21(19)17-26(31)28-15-7-14-25-29-23-12-4-5-13-24(23)30(25)18-20-9-6-11-22(27)16-20/h2-6,8-13,16H,7,14-15,17-18H2,1H3,(H,28,31). The number of fused-ring (bicyclic) bond motifs is 1. The molecule has 0 atom stereocenters. The number of aromatic nitrogens is 2. The summed E-state index contributed by atoms with van der Waals surface area (Å²) in [5.74, 6) is 1.12. The molecule has 0 fully saturated rings. The highest BCUT2D eigenvalue weighted by molar-refractivity contribution is 9.10. The molecule has 31 heavy (non-hydrogen) atoms. The molecular formula is C26H26BrN3O. The fourth-order valence-corrected chi connectivity index (χ4v) is 4.28. The second-order valence-corrected chi connectivity index (χ2v) is 8.71. The van der Waals surface area contributed by atoms with Crippen LogP contribution in [0.3, 0.4) is 0 Å². The van der Waals surface area contributed by atoms with Gasteiger partial charge in [0.05, 0.1) is 17.5 Å². The van der Waals surface area contributed by atoms with Crippen LogP contribution in [0.5, 0.6) is 0 Å². The number of carbonyl (C=O) groups is 1. The lowest BCUT2D eigenvalue weighted by atomic mass is 10.1. The molecule has 1 heterocycles. The maximum atomic E-state index is 12.3. The molecule has 0 spiro atoms. The van der Waals surface area contributed by atoms with Crippen molar-refractivity contribution in [3.8, 4) is 0 Å². The Hall–Kier alpha value is -2.92. The Labute approximate surface area is 191 Å². The number of nitrogens with zero attached hydrogens (tertiary/aromatic N) is 2. The van der Waals surface area contributed by atoms with E-state index in [1.165, 1.54) is 5.56 Å². The average molecular weight is 476 g/mol. The fraction of sp³-hybridized carbons (Fsp3) is 0.231. The van der Waals surface area contributed by atoms with Gasteiger partial charge in [-0.05, 0) is 54.3 Å². The van der Waals surface area contributed by atoms with Gasteiger partial charge in [0.25, 0.3) is 0 Å². The number of benzene rings is 3. The van der Waals surface area contributed by atoms with Crippen molar-refractivity contribution in [2.24, 2.45) is 0 Å². The molecule has 0 unspecified atom stereocenters. The Morgan fingerprint density at radius 3 is 2.68 bits per heavy atom. The molecule has 4 nitrogen and oxygen atoms in total. The van der Waals surface area contributed by atoms with E-state index in [-0.39, 0.29) is 5.91 Å². The summed E-state index contributed by atoms with van der Waals surface area (Å²) in [5, 5.41) is 3.06. The third kappa shape index (κ3) is 5.42. The molecule has 158 valence electrons.